The molecule has 1 heterocycles. The van der Waals surface area contributed by atoms with Crippen molar-refractivity contribution in [2.45, 2.75) is 19.9 Å². The Hall–Kier alpha value is -2.67. The van der Waals surface area contributed by atoms with Gasteiger partial charge in [-0.05, 0) is 49.2 Å². The number of amides is 1. The van der Waals surface area contributed by atoms with Gasteiger partial charge in [-0.25, -0.2) is 4.39 Å². The predicted molar refractivity (Wildman–Crippen MR) is 77.5 cm³/mol. The largest absolute Gasteiger partial charge is 0.288 e. The minimum atomic E-state index is -0.714. The Morgan fingerprint density at radius 2 is 1.90 bits per heavy atom. The highest BCUT2D eigenvalue weighted by Crippen LogP contribution is 2.38. The zero-order chi connectivity index (χ0) is 15.1. The van der Waals surface area contributed by atoms with Gasteiger partial charge in [0.1, 0.15) is 5.82 Å². The molecule has 3 nitrogen and oxygen atoms in total. The summed E-state index contributed by atoms with van der Waals surface area (Å²) in [6.07, 6.45) is 0. The number of carbonyl (C=O) groups excluding carboxylic acids is 1. The van der Waals surface area contributed by atoms with Crippen molar-refractivity contribution >= 4 is 11.6 Å². The fraction of sp³-hybridized carbons (Fsp3) is 0.176. The van der Waals surface area contributed by atoms with Crippen LogP contribution in [0.3, 0.4) is 0 Å². The summed E-state index contributed by atoms with van der Waals surface area (Å²) in [7, 11) is 0. The predicted octanol–water partition coefficient (Wildman–Crippen LogP) is 3.67. The maximum absolute atomic E-state index is 13.4. The van der Waals surface area contributed by atoms with Crippen LogP contribution >= 0.6 is 0 Å². The third-order valence-electron chi connectivity index (χ3n) is 3.88. The molecular formula is C17H13FN2O. The van der Waals surface area contributed by atoms with Gasteiger partial charge in [0.05, 0.1) is 6.07 Å². The second-order valence-electron chi connectivity index (χ2n) is 5.21. The molecular weight excluding hydrogens is 267 g/mol. The van der Waals surface area contributed by atoms with Crippen LogP contribution in [-0.2, 0) is 0 Å². The van der Waals surface area contributed by atoms with Crippen LogP contribution in [0.2, 0.25) is 0 Å². The molecule has 1 aliphatic heterocycles. The highest BCUT2D eigenvalue weighted by atomic mass is 19.1. The van der Waals surface area contributed by atoms with Gasteiger partial charge in [0, 0.05) is 16.8 Å². The monoisotopic (exact) mass is 280 g/mol. The van der Waals surface area contributed by atoms with Crippen molar-refractivity contribution in [2.24, 2.45) is 0 Å². The third kappa shape index (κ3) is 1.98. The fourth-order valence-corrected chi connectivity index (χ4v) is 2.66. The van der Waals surface area contributed by atoms with Crippen LogP contribution in [0, 0.1) is 31.0 Å². The Morgan fingerprint density at radius 3 is 2.57 bits per heavy atom. The molecule has 0 aromatic heterocycles. The highest BCUT2D eigenvalue weighted by Gasteiger charge is 2.38. The fourth-order valence-electron chi connectivity index (χ4n) is 2.66. The van der Waals surface area contributed by atoms with E-state index in [0.717, 1.165) is 11.1 Å². The van der Waals surface area contributed by atoms with Gasteiger partial charge >= 0.3 is 0 Å². The lowest BCUT2D eigenvalue weighted by Crippen LogP contribution is -2.26. The van der Waals surface area contributed by atoms with Crippen LogP contribution < -0.4 is 4.90 Å². The third-order valence-corrected chi connectivity index (χ3v) is 3.88. The average molecular weight is 280 g/mol. The van der Waals surface area contributed by atoms with Crippen LogP contribution in [0.5, 0.6) is 0 Å². The van der Waals surface area contributed by atoms with Crippen LogP contribution in [0.4, 0.5) is 10.1 Å². The molecule has 1 unspecified atom stereocenters. The number of anilines is 1. The van der Waals surface area contributed by atoms with E-state index in [1.807, 2.05) is 19.9 Å². The van der Waals surface area contributed by atoms with E-state index in [1.165, 1.54) is 23.1 Å². The van der Waals surface area contributed by atoms with Gasteiger partial charge in [-0.3, -0.25) is 9.69 Å². The number of nitrogens with zero attached hydrogens (tertiary/aromatic N) is 2. The number of fused-ring (bicyclic) bond motifs is 1. The van der Waals surface area contributed by atoms with E-state index in [1.54, 1.807) is 12.1 Å². The molecule has 0 aliphatic carbocycles. The number of carbonyl (C=O) groups is 1. The zero-order valence-corrected chi connectivity index (χ0v) is 11.7. The van der Waals surface area contributed by atoms with Crippen molar-refractivity contribution < 1.29 is 9.18 Å². The molecule has 1 atom stereocenters. The van der Waals surface area contributed by atoms with E-state index < -0.39 is 11.9 Å². The van der Waals surface area contributed by atoms with Crippen LogP contribution in [-0.4, -0.2) is 5.91 Å². The molecule has 4 heteroatoms. The van der Waals surface area contributed by atoms with E-state index in [-0.39, 0.29) is 5.91 Å². The van der Waals surface area contributed by atoms with E-state index in [0.29, 0.717) is 16.8 Å². The van der Waals surface area contributed by atoms with E-state index in [2.05, 4.69) is 6.07 Å². The zero-order valence-electron chi connectivity index (χ0n) is 11.7. The molecule has 3 rings (SSSR count). The molecule has 1 aliphatic rings. The molecule has 0 saturated carbocycles. The van der Waals surface area contributed by atoms with E-state index >= 15 is 0 Å². The van der Waals surface area contributed by atoms with Crippen molar-refractivity contribution in [2.75, 3.05) is 4.90 Å². The Balaban J connectivity index is 2.17. The minimum Gasteiger partial charge on any atom is -0.288 e. The van der Waals surface area contributed by atoms with Gasteiger partial charge in [0.15, 0.2) is 6.04 Å². The van der Waals surface area contributed by atoms with Crippen molar-refractivity contribution in [1.82, 2.24) is 0 Å². The average Bonchev–Trinajstić information content (AvgIpc) is 2.72. The summed E-state index contributed by atoms with van der Waals surface area (Å²) in [6.45, 7) is 3.87. The standard InChI is InChI=1S/C17H13FN2O/c1-10-6-14-15(7-11(10)2)17(21)20(16(14)9-19)13-5-3-4-12(18)8-13/h3-8,16H,1-2H3. The summed E-state index contributed by atoms with van der Waals surface area (Å²) in [4.78, 5) is 13.9. The summed E-state index contributed by atoms with van der Waals surface area (Å²) >= 11 is 0. The number of halogens is 1. The number of hydrogen-bond acceptors (Lipinski definition) is 2. The van der Waals surface area contributed by atoms with Gasteiger partial charge in [0.2, 0.25) is 0 Å². The van der Waals surface area contributed by atoms with Gasteiger partial charge < -0.3 is 0 Å². The molecule has 0 saturated heterocycles. The maximum Gasteiger partial charge on any atom is 0.260 e. The first kappa shape index (κ1) is 13.3. The number of rotatable bonds is 1. The van der Waals surface area contributed by atoms with Crippen molar-refractivity contribution in [1.29, 1.82) is 5.26 Å². The lowest BCUT2D eigenvalue weighted by Gasteiger charge is -2.20. The summed E-state index contributed by atoms with van der Waals surface area (Å²) < 4.78 is 13.4. The number of hydrogen-bond donors (Lipinski definition) is 0. The summed E-state index contributed by atoms with van der Waals surface area (Å²) in [5, 5.41) is 9.45. The van der Waals surface area contributed by atoms with Gasteiger partial charge in [-0.2, -0.15) is 5.26 Å². The maximum atomic E-state index is 13.4. The van der Waals surface area contributed by atoms with Gasteiger partial charge in [0.25, 0.3) is 5.91 Å². The van der Waals surface area contributed by atoms with Crippen molar-refractivity contribution in [3.05, 3.63) is 64.5 Å². The normalized spacial score (nSPS) is 16.8. The van der Waals surface area contributed by atoms with E-state index in [4.69, 9.17) is 0 Å². The molecule has 0 N–H and O–H groups in total. The second kappa shape index (κ2) is 4.71. The molecule has 2 aromatic carbocycles. The molecule has 0 fully saturated rings. The van der Waals surface area contributed by atoms with Gasteiger partial charge in [-0.1, -0.05) is 12.1 Å². The molecule has 2 aromatic rings. The van der Waals surface area contributed by atoms with E-state index in [9.17, 15) is 14.4 Å². The lowest BCUT2D eigenvalue weighted by atomic mass is 9.99. The molecule has 104 valence electrons. The molecule has 0 spiro atoms. The van der Waals surface area contributed by atoms with Crippen LogP contribution in [0.15, 0.2) is 36.4 Å². The molecule has 1 amide bonds. The first-order valence-corrected chi connectivity index (χ1v) is 6.63. The number of aryl methyl sites for hydroxylation is 2. The number of nitriles is 1. The Morgan fingerprint density at radius 1 is 1.19 bits per heavy atom. The second-order valence-corrected chi connectivity index (χ2v) is 5.21. The number of benzene rings is 2. The first-order chi connectivity index (χ1) is 10.0. The Labute approximate surface area is 122 Å². The Bertz CT molecular complexity index is 792. The smallest absolute Gasteiger partial charge is 0.260 e. The van der Waals surface area contributed by atoms with Crippen LogP contribution in [0.1, 0.15) is 33.1 Å². The summed E-state index contributed by atoms with van der Waals surface area (Å²) in [6, 6.07) is 10.9. The Kier molecular flexibility index (Phi) is 2.99. The topological polar surface area (TPSA) is 44.1 Å². The summed E-state index contributed by atoms with van der Waals surface area (Å²) in [5.41, 5.74) is 3.64. The molecule has 21 heavy (non-hydrogen) atoms. The quantitative estimate of drug-likeness (QED) is 0.800. The minimum absolute atomic E-state index is 0.259. The highest BCUT2D eigenvalue weighted by molar-refractivity contribution is 6.11. The SMILES string of the molecule is Cc1cc2c(cc1C)C(C#N)N(c1cccc(F)c1)C2=O. The van der Waals surface area contributed by atoms with Crippen molar-refractivity contribution in [3.8, 4) is 6.07 Å². The molecule has 0 radical (unpaired) electrons. The lowest BCUT2D eigenvalue weighted by molar-refractivity contribution is 0.0994. The summed E-state index contributed by atoms with van der Waals surface area (Å²) in [5.74, 6) is -0.689. The van der Waals surface area contributed by atoms with Gasteiger partial charge in [-0.15, -0.1) is 0 Å². The van der Waals surface area contributed by atoms with Crippen molar-refractivity contribution in [3.63, 3.8) is 0 Å². The molecule has 0 bridgehead atoms. The van der Waals surface area contributed by atoms with Crippen LogP contribution in [0.25, 0.3) is 0 Å². The first-order valence-electron chi connectivity index (χ1n) is 6.63.